The van der Waals surface area contributed by atoms with Gasteiger partial charge >= 0.3 is 6.97 Å². The fourth-order valence-electron chi connectivity index (χ4n) is 3.01. The molecule has 0 fully saturated rings. The third kappa shape index (κ3) is 1.86. The van der Waals surface area contributed by atoms with Gasteiger partial charge in [0.05, 0.1) is 10.6 Å². The van der Waals surface area contributed by atoms with Gasteiger partial charge in [0, 0.05) is 23.4 Å². The Balaban J connectivity index is 2.08. The van der Waals surface area contributed by atoms with Crippen molar-refractivity contribution in [2.45, 2.75) is 0 Å². The highest BCUT2D eigenvalue weighted by atomic mass is 35.5. The van der Waals surface area contributed by atoms with Gasteiger partial charge < -0.3 is 17.6 Å². The minimum absolute atomic E-state index is 0.113. The van der Waals surface area contributed by atoms with Crippen LogP contribution in [0.3, 0.4) is 0 Å². The first-order valence-electron chi connectivity index (χ1n) is 6.80. The number of hydrogen-bond donors (Lipinski definition) is 0. The van der Waals surface area contributed by atoms with Crippen LogP contribution in [0.2, 0.25) is 5.02 Å². The van der Waals surface area contributed by atoms with E-state index in [1.807, 2.05) is 0 Å². The van der Waals surface area contributed by atoms with Gasteiger partial charge in [-0.05, 0) is 30.5 Å². The van der Waals surface area contributed by atoms with Gasteiger partial charge in [0.25, 0.3) is 0 Å². The van der Waals surface area contributed by atoms with E-state index < -0.39 is 18.6 Å². The minimum Gasteiger partial charge on any atom is -0.396 e. The van der Waals surface area contributed by atoms with E-state index in [-0.39, 0.29) is 27.6 Å². The summed E-state index contributed by atoms with van der Waals surface area (Å²) < 4.78 is 58.9. The van der Waals surface area contributed by atoms with Crippen LogP contribution in [0.4, 0.5) is 17.4 Å². The first-order valence-corrected chi connectivity index (χ1v) is 7.18. The van der Waals surface area contributed by atoms with Crippen LogP contribution >= 0.6 is 11.6 Å². The predicted octanol–water partition coefficient (Wildman–Crippen LogP) is 4.07. The molecule has 8 heteroatoms. The van der Waals surface area contributed by atoms with E-state index in [2.05, 4.69) is 0 Å². The fourth-order valence-corrected chi connectivity index (χ4v) is 3.16. The zero-order valence-electron chi connectivity index (χ0n) is 11.5. The van der Waals surface area contributed by atoms with Crippen molar-refractivity contribution >= 4 is 30.4 Å². The van der Waals surface area contributed by atoms with Gasteiger partial charge in [0.2, 0.25) is 0 Å². The minimum atomic E-state index is -4.07. The molecule has 1 aromatic carbocycles. The zero-order valence-corrected chi connectivity index (χ0v) is 12.2. The molecule has 0 amide bonds. The number of rotatable bonds is 1. The smallest absolute Gasteiger partial charge is 0.396 e. The van der Waals surface area contributed by atoms with Gasteiger partial charge in [-0.2, -0.15) is 0 Å². The van der Waals surface area contributed by atoms with Crippen molar-refractivity contribution in [3.05, 3.63) is 76.2 Å². The van der Waals surface area contributed by atoms with Crippen LogP contribution < -0.4 is 0 Å². The summed E-state index contributed by atoms with van der Waals surface area (Å²) in [6.45, 7) is -4.07. The van der Waals surface area contributed by atoms with Gasteiger partial charge in [0.15, 0.2) is 5.70 Å². The third-order valence-corrected chi connectivity index (χ3v) is 4.31. The average Bonchev–Trinajstić information content (AvgIpc) is 3.14. The molecule has 0 spiro atoms. The Morgan fingerprint density at radius 3 is 2.70 bits per heavy atom. The maximum atomic E-state index is 14.6. The lowest BCUT2D eigenvalue weighted by Crippen LogP contribution is -2.49. The second-order valence-electron chi connectivity index (χ2n) is 5.31. The number of hydrogen-bond acceptors (Lipinski definition) is 0. The molecule has 2 nitrogen and oxygen atoms in total. The third-order valence-electron chi connectivity index (χ3n) is 4.02. The summed E-state index contributed by atoms with van der Waals surface area (Å²) in [6.07, 6.45) is 5.35. The molecule has 4 rings (SSSR count). The van der Waals surface area contributed by atoms with Gasteiger partial charge in [-0.1, -0.05) is 11.6 Å². The molecular weight excluding hydrogens is 330 g/mol. The first kappa shape index (κ1) is 14.3. The molecule has 116 valence electrons. The zero-order chi connectivity index (χ0) is 16.4. The molecule has 23 heavy (non-hydrogen) atoms. The maximum absolute atomic E-state index is 14.6. The number of fused-ring (bicyclic) bond motifs is 2. The highest BCUT2D eigenvalue weighted by Gasteiger charge is 2.51. The van der Waals surface area contributed by atoms with E-state index in [1.165, 1.54) is 36.7 Å². The lowest BCUT2D eigenvalue weighted by Gasteiger charge is -2.31. The highest BCUT2D eigenvalue weighted by molar-refractivity contribution is 6.57. The molecule has 2 aliphatic rings. The molecule has 2 aliphatic heterocycles. The molecule has 0 bridgehead atoms. The molecule has 0 aliphatic carbocycles. The van der Waals surface area contributed by atoms with E-state index in [9.17, 15) is 17.4 Å². The van der Waals surface area contributed by atoms with E-state index >= 15 is 0 Å². The molecule has 3 heterocycles. The molecular formula is C15H8BClF4N2. The van der Waals surface area contributed by atoms with Crippen LogP contribution in [0, 0.1) is 11.6 Å². The summed E-state index contributed by atoms with van der Waals surface area (Å²) >= 11 is 5.58. The number of aromatic nitrogens is 1. The van der Waals surface area contributed by atoms with Crippen molar-refractivity contribution in [2.24, 2.45) is 0 Å². The normalized spacial score (nSPS) is 18.0. The Morgan fingerprint density at radius 2 is 1.91 bits per heavy atom. The average molecular weight is 338 g/mol. The Kier molecular flexibility index (Phi) is 2.87. The largest absolute Gasteiger partial charge is 0.737 e. The highest BCUT2D eigenvalue weighted by Crippen LogP contribution is 2.39. The summed E-state index contributed by atoms with van der Waals surface area (Å²) in [7, 11) is 0. The lowest BCUT2D eigenvalue weighted by atomic mass is 9.86. The molecule has 0 atom stereocenters. The summed E-state index contributed by atoms with van der Waals surface area (Å²) in [5.41, 5.74) is 0.336. The fraction of sp³-hybridized carbons (Fsp3) is 0. The topological polar surface area (TPSA) is 7.94 Å². The second-order valence-corrected chi connectivity index (χ2v) is 5.72. The number of allylic oxidation sites excluding steroid dienone is 2. The number of nitrogens with zero attached hydrogens (tertiary/aromatic N) is 2. The van der Waals surface area contributed by atoms with E-state index in [1.54, 1.807) is 0 Å². The molecule has 0 saturated carbocycles. The molecule has 2 aromatic rings. The van der Waals surface area contributed by atoms with Crippen molar-refractivity contribution in [1.29, 1.82) is 0 Å². The monoisotopic (exact) mass is 338 g/mol. The first-order chi connectivity index (χ1) is 10.9. The van der Waals surface area contributed by atoms with Crippen LogP contribution in [0.15, 0.2) is 48.3 Å². The summed E-state index contributed by atoms with van der Waals surface area (Å²) in [5.74, 6) is -1.58. The number of halogens is 5. The summed E-state index contributed by atoms with van der Waals surface area (Å²) in [4.78, 5) is 0. The quantitative estimate of drug-likeness (QED) is 0.421. The SMILES string of the molecule is Fc1cc(C2=C3C=CC=[N+]3[B-](F)(F)n3cccc32)c(F)cc1Cl. The molecule has 0 saturated heterocycles. The Hall–Kier alpha value is -2.28. The van der Waals surface area contributed by atoms with Crippen molar-refractivity contribution in [3.8, 4) is 0 Å². The van der Waals surface area contributed by atoms with Crippen LogP contribution in [0.1, 0.15) is 11.3 Å². The van der Waals surface area contributed by atoms with Crippen LogP contribution in [-0.4, -0.2) is 22.1 Å². The predicted molar refractivity (Wildman–Crippen MR) is 80.7 cm³/mol. The molecule has 0 radical (unpaired) electrons. The van der Waals surface area contributed by atoms with Crippen molar-refractivity contribution < 1.29 is 21.9 Å². The van der Waals surface area contributed by atoms with E-state index in [0.717, 1.165) is 21.1 Å². The van der Waals surface area contributed by atoms with Gasteiger partial charge in [-0.15, -0.1) is 0 Å². The molecule has 1 aromatic heterocycles. The van der Waals surface area contributed by atoms with E-state index in [0.29, 0.717) is 0 Å². The maximum Gasteiger partial charge on any atom is 0.737 e. The second kappa shape index (κ2) is 4.61. The Bertz CT molecular complexity index is 943. The molecule has 0 N–H and O–H groups in total. The van der Waals surface area contributed by atoms with Gasteiger partial charge in [-0.25, -0.2) is 8.78 Å². The molecule has 0 unspecified atom stereocenters. The van der Waals surface area contributed by atoms with Crippen LogP contribution in [0.25, 0.3) is 5.57 Å². The standard InChI is InChI=1S/C15H8BClF4N2/c17-10-8-11(18)9(7-12(10)19)15-13-3-1-5-22(13)16(20,21)23-6-2-4-14(15)23/h1-8H. The van der Waals surface area contributed by atoms with Gasteiger partial charge in [0.1, 0.15) is 17.8 Å². The van der Waals surface area contributed by atoms with Crippen molar-refractivity contribution in [1.82, 2.24) is 4.48 Å². The Labute approximate surface area is 133 Å². The summed E-state index contributed by atoms with van der Waals surface area (Å²) in [5, 5.41) is -0.358. The van der Waals surface area contributed by atoms with Gasteiger partial charge in [-0.3, -0.25) is 0 Å². The summed E-state index contributed by atoms with van der Waals surface area (Å²) in [6, 6.07) is 4.67. The van der Waals surface area contributed by atoms with E-state index in [4.69, 9.17) is 11.6 Å². The number of benzene rings is 1. The van der Waals surface area contributed by atoms with Crippen LogP contribution in [0.5, 0.6) is 0 Å². The van der Waals surface area contributed by atoms with Crippen molar-refractivity contribution in [2.75, 3.05) is 0 Å². The Morgan fingerprint density at radius 1 is 1.13 bits per heavy atom. The van der Waals surface area contributed by atoms with Crippen molar-refractivity contribution in [3.63, 3.8) is 0 Å². The lowest BCUT2D eigenvalue weighted by molar-refractivity contribution is -0.356. The van der Waals surface area contributed by atoms with Crippen LogP contribution in [-0.2, 0) is 0 Å².